The van der Waals surface area contributed by atoms with Gasteiger partial charge in [-0.3, -0.25) is 9.48 Å². The molecule has 1 aromatic heterocycles. The Morgan fingerprint density at radius 2 is 1.73 bits per heavy atom. The van der Waals surface area contributed by atoms with Crippen molar-refractivity contribution in [1.82, 2.24) is 9.78 Å². The molecule has 1 unspecified atom stereocenters. The van der Waals surface area contributed by atoms with Gasteiger partial charge in [-0.15, -0.1) is 0 Å². The number of alkyl halides is 4. The average molecular weight is 458 g/mol. The highest BCUT2D eigenvalue weighted by Gasteiger charge is 2.27. The van der Waals surface area contributed by atoms with Crippen LogP contribution in [-0.2, 0) is 4.79 Å². The van der Waals surface area contributed by atoms with Gasteiger partial charge >= 0.3 is 0 Å². The molecular formula is C20H16ClF4N3OS. The molecule has 3 aromatic rings. The molecule has 0 aliphatic heterocycles. The van der Waals surface area contributed by atoms with Gasteiger partial charge in [0, 0.05) is 14.8 Å². The Kier molecular flexibility index (Phi) is 7.04. The van der Waals surface area contributed by atoms with Gasteiger partial charge in [0.15, 0.2) is 0 Å². The van der Waals surface area contributed by atoms with Crippen molar-refractivity contribution in [2.24, 2.45) is 0 Å². The Balaban J connectivity index is 1.82. The van der Waals surface area contributed by atoms with E-state index in [4.69, 9.17) is 11.6 Å². The summed E-state index contributed by atoms with van der Waals surface area (Å²) in [5.41, 5.74) is -1.09. The van der Waals surface area contributed by atoms with Crippen LogP contribution in [0, 0.1) is 0 Å². The number of rotatable bonds is 7. The zero-order valence-electron chi connectivity index (χ0n) is 15.5. The van der Waals surface area contributed by atoms with E-state index in [-0.39, 0.29) is 0 Å². The van der Waals surface area contributed by atoms with Crippen LogP contribution in [0.4, 0.5) is 23.2 Å². The van der Waals surface area contributed by atoms with E-state index in [1.54, 1.807) is 36.4 Å². The summed E-state index contributed by atoms with van der Waals surface area (Å²) in [6, 6.07) is 13.4. The molecule has 1 heterocycles. The number of halogens is 5. The maximum Gasteiger partial charge on any atom is 0.282 e. The van der Waals surface area contributed by atoms with Gasteiger partial charge in [-0.2, -0.15) is 5.10 Å². The zero-order chi connectivity index (χ0) is 21.8. The van der Waals surface area contributed by atoms with Gasteiger partial charge in [-0.05, 0) is 49.4 Å². The van der Waals surface area contributed by atoms with Crippen molar-refractivity contribution in [3.8, 4) is 0 Å². The molecule has 1 amide bonds. The zero-order valence-corrected chi connectivity index (χ0v) is 17.1. The Morgan fingerprint density at radius 1 is 1.07 bits per heavy atom. The summed E-state index contributed by atoms with van der Waals surface area (Å²) in [5, 5.41) is 6.76. The molecule has 0 bridgehead atoms. The van der Waals surface area contributed by atoms with Gasteiger partial charge in [0.2, 0.25) is 5.91 Å². The highest BCUT2D eigenvalue weighted by atomic mass is 35.5. The Bertz CT molecular complexity index is 1030. The Morgan fingerprint density at radius 3 is 2.37 bits per heavy atom. The summed E-state index contributed by atoms with van der Waals surface area (Å²) in [4.78, 5) is 14.3. The summed E-state index contributed by atoms with van der Waals surface area (Å²) in [7, 11) is 0. The highest BCUT2D eigenvalue weighted by molar-refractivity contribution is 7.99. The van der Waals surface area contributed by atoms with E-state index in [0.717, 1.165) is 4.90 Å². The summed E-state index contributed by atoms with van der Waals surface area (Å²) < 4.78 is 52.9. The molecule has 10 heteroatoms. The number of carbonyl (C=O) groups excluding carboxylic acids is 1. The molecule has 158 valence electrons. The third-order valence-electron chi connectivity index (χ3n) is 4.16. The number of nitrogens with zero attached hydrogens (tertiary/aromatic N) is 2. The van der Waals surface area contributed by atoms with Crippen LogP contribution in [0.2, 0.25) is 5.02 Å². The Hall–Kier alpha value is -2.52. The predicted molar refractivity (Wildman–Crippen MR) is 107 cm³/mol. The molecule has 2 aromatic carbocycles. The molecule has 0 spiro atoms. The van der Waals surface area contributed by atoms with Crippen molar-refractivity contribution in [2.45, 2.75) is 35.6 Å². The van der Waals surface area contributed by atoms with Gasteiger partial charge < -0.3 is 5.32 Å². The second-order valence-electron chi connectivity index (χ2n) is 6.26. The SMILES string of the molecule is CC(C(=O)Nc1ccccc1Sc1ccc(Cl)cc1)n1nc(C(F)F)cc1C(F)F. The number of benzene rings is 2. The van der Waals surface area contributed by atoms with E-state index >= 15 is 0 Å². The van der Waals surface area contributed by atoms with Crippen molar-refractivity contribution in [3.05, 3.63) is 71.0 Å². The molecule has 1 atom stereocenters. The number of para-hydroxylation sites is 1. The lowest BCUT2D eigenvalue weighted by molar-refractivity contribution is -0.119. The van der Waals surface area contributed by atoms with Crippen LogP contribution in [0.3, 0.4) is 0 Å². The van der Waals surface area contributed by atoms with Crippen molar-refractivity contribution in [1.29, 1.82) is 0 Å². The summed E-state index contributed by atoms with van der Waals surface area (Å²) in [6.07, 6.45) is -6.07. The number of hydrogen-bond acceptors (Lipinski definition) is 3. The molecule has 0 fully saturated rings. The van der Waals surface area contributed by atoms with E-state index in [1.807, 2.05) is 12.1 Å². The minimum absolute atomic E-state index is 0.453. The number of amides is 1. The maximum absolute atomic E-state index is 13.2. The molecule has 0 saturated heterocycles. The van der Waals surface area contributed by atoms with Crippen molar-refractivity contribution in [2.75, 3.05) is 5.32 Å². The molecule has 4 nitrogen and oxygen atoms in total. The lowest BCUT2D eigenvalue weighted by Crippen LogP contribution is -2.26. The maximum atomic E-state index is 13.2. The average Bonchev–Trinajstić information content (AvgIpc) is 3.16. The summed E-state index contributed by atoms with van der Waals surface area (Å²) in [5.74, 6) is -0.662. The number of aromatic nitrogens is 2. The predicted octanol–water partition coefficient (Wildman–Crippen LogP) is 6.76. The quantitative estimate of drug-likeness (QED) is 0.398. The van der Waals surface area contributed by atoms with Crippen molar-refractivity contribution < 1.29 is 22.4 Å². The van der Waals surface area contributed by atoms with E-state index < -0.39 is 36.2 Å². The lowest BCUT2D eigenvalue weighted by Gasteiger charge is -2.17. The molecule has 1 N–H and O–H groups in total. The van der Waals surface area contributed by atoms with Crippen LogP contribution in [0.1, 0.15) is 37.2 Å². The van der Waals surface area contributed by atoms with Gasteiger partial charge in [0.1, 0.15) is 17.4 Å². The molecular weight excluding hydrogens is 442 g/mol. The van der Waals surface area contributed by atoms with Gasteiger partial charge in [0.05, 0.1) is 5.69 Å². The van der Waals surface area contributed by atoms with Gasteiger partial charge in [0.25, 0.3) is 12.9 Å². The van der Waals surface area contributed by atoms with Gasteiger partial charge in [-0.1, -0.05) is 35.5 Å². The first kappa shape index (κ1) is 22.2. The monoisotopic (exact) mass is 457 g/mol. The van der Waals surface area contributed by atoms with Crippen LogP contribution < -0.4 is 5.32 Å². The van der Waals surface area contributed by atoms with Gasteiger partial charge in [-0.25, -0.2) is 17.6 Å². The van der Waals surface area contributed by atoms with Crippen LogP contribution in [0.15, 0.2) is 64.4 Å². The third-order valence-corrected chi connectivity index (χ3v) is 5.50. The minimum atomic E-state index is -3.05. The first-order chi connectivity index (χ1) is 14.3. The molecule has 0 aliphatic rings. The lowest BCUT2D eigenvalue weighted by atomic mass is 10.2. The van der Waals surface area contributed by atoms with E-state index in [0.29, 0.717) is 26.4 Å². The fourth-order valence-electron chi connectivity index (χ4n) is 2.65. The fourth-order valence-corrected chi connectivity index (χ4v) is 3.67. The largest absolute Gasteiger partial charge is 0.323 e. The van der Waals surface area contributed by atoms with Crippen LogP contribution in [0.25, 0.3) is 0 Å². The van der Waals surface area contributed by atoms with E-state index in [2.05, 4.69) is 10.4 Å². The number of anilines is 1. The number of carbonyl (C=O) groups is 1. The standard InChI is InChI=1S/C20H16ClF4N3OS/c1-11(28-16(19(24)25)10-15(27-28)18(22)23)20(29)26-14-4-2-3-5-17(14)30-13-8-6-12(21)7-9-13/h2-11,18-19H,1H3,(H,26,29). The van der Waals surface area contributed by atoms with Crippen LogP contribution in [-0.4, -0.2) is 15.7 Å². The smallest absolute Gasteiger partial charge is 0.282 e. The van der Waals surface area contributed by atoms with Crippen molar-refractivity contribution in [3.63, 3.8) is 0 Å². The third kappa shape index (κ3) is 5.14. The normalized spacial score (nSPS) is 12.4. The summed E-state index contributed by atoms with van der Waals surface area (Å²) in [6.45, 7) is 1.32. The highest BCUT2D eigenvalue weighted by Crippen LogP contribution is 2.34. The Labute approximate surface area is 179 Å². The second-order valence-corrected chi connectivity index (χ2v) is 7.81. The van der Waals surface area contributed by atoms with E-state index in [1.165, 1.54) is 18.7 Å². The molecule has 0 aliphatic carbocycles. The molecule has 30 heavy (non-hydrogen) atoms. The van der Waals surface area contributed by atoms with Crippen molar-refractivity contribution >= 4 is 35.0 Å². The summed E-state index contributed by atoms with van der Waals surface area (Å²) >= 11 is 7.26. The first-order valence-corrected chi connectivity index (χ1v) is 9.94. The number of hydrogen-bond donors (Lipinski definition) is 1. The van der Waals surface area contributed by atoms with E-state index in [9.17, 15) is 22.4 Å². The van der Waals surface area contributed by atoms with Crippen LogP contribution >= 0.6 is 23.4 Å². The molecule has 0 saturated carbocycles. The molecule has 3 rings (SSSR count). The first-order valence-electron chi connectivity index (χ1n) is 8.75. The second kappa shape index (κ2) is 9.53. The number of nitrogens with one attached hydrogen (secondary N) is 1. The fraction of sp³-hybridized carbons (Fsp3) is 0.200. The van der Waals surface area contributed by atoms with Crippen LogP contribution in [0.5, 0.6) is 0 Å². The topological polar surface area (TPSA) is 46.9 Å². The minimum Gasteiger partial charge on any atom is -0.323 e. The molecule has 0 radical (unpaired) electrons.